The van der Waals surface area contributed by atoms with Crippen LogP contribution < -0.4 is 10.2 Å². The maximum atomic E-state index is 13.8. The van der Waals surface area contributed by atoms with Crippen molar-refractivity contribution in [1.29, 1.82) is 5.26 Å². The minimum Gasteiger partial charge on any atom is -0.326 e. The number of amides is 3. The Bertz CT molecular complexity index is 1260. The molecule has 0 spiro atoms. The lowest BCUT2D eigenvalue weighted by molar-refractivity contribution is -0.123. The number of nitriles is 1. The van der Waals surface area contributed by atoms with E-state index in [0.29, 0.717) is 17.7 Å². The highest BCUT2D eigenvalue weighted by Gasteiger charge is 2.51. The zero-order valence-electron chi connectivity index (χ0n) is 19.4. The van der Waals surface area contributed by atoms with E-state index in [1.807, 2.05) is 13.0 Å². The first-order valence-electron chi connectivity index (χ1n) is 10.7. The van der Waals surface area contributed by atoms with Crippen molar-refractivity contribution in [2.75, 3.05) is 10.2 Å². The second-order valence-electron chi connectivity index (χ2n) is 8.62. The average Bonchev–Trinajstić information content (AvgIpc) is 3.06. The van der Waals surface area contributed by atoms with Crippen LogP contribution in [0.4, 0.5) is 11.4 Å². The molecule has 1 atom stereocenters. The molecular formula is C24H26N4O5S. The van der Waals surface area contributed by atoms with Crippen LogP contribution in [-0.2, 0) is 24.4 Å². The van der Waals surface area contributed by atoms with E-state index in [1.54, 1.807) is 13.8 Å². The second kappa shape index (κ2) is 9.37. The van der Waals surface area contributed by atoms with Gasteiger partial charge in [-0.15, -0.1) is 0 Å². The number of carbonyl (C=O) groups is 3. The fourth-order valence-corrected chi connectivity index (χ4v) is 5.84. The molecule has 2 aromatic carbocycles. The van der Waals surface area contributed by atoms with Crippen LogP contribution >= 0.6 is 0 Å². The Morgan fingerprint density at radius 2 is 1.74 bits per heavy atom. The van der Waals surface area contributed by atoms with Crippen LogP contribution in [0.2, 0.25) is 0 Å². The molecule has 0 aromatic heterocycles. The first kappa shape index (κ1) is 25.1. The maximum absolute atomic E-state index is 13.8. The number of benzene rings is 2. The van der Waals surface area contributed by atoms with Crippen molar-refractivity contribution in [3.8, 4) is 6.07 Å². The van der Waals surface area contributed by atoms with Crippen molar-refractivity contribution < 1.29 is 22.8 Å². The summed E-state index contributed by atoms with van der Waals surface area (Å²) in [4.78, 5) is 38.5. The number of sulfonamides is 1. The van der Waals surface area contributed by atoms with Crippen LogP contribution in [0.1, 0.15) is 46.1 Å². The van der Waals surface area contributed by atoms with Gasteiger partial charge in [0, 0.05) is 18.2 Å². The molecule has 1 aliphatic rings. The lowest BCUT2D eigenvalue weighted by atomic mass is 10.00. The smallest absolute Gasteiger partial charge is 0.252 e. The van der Waals surface area contributed by atoms with Crippen LogP contribution in [0.3, 0.4) is 0 Å². The van der Waals surface area contributed by atoms with Crippen molar-refractivity contribution in [3.05, 3.63) is 54.1 Å². The van der Waals surface area contributed by atoms with Crippen molar-refractivity contribution >= 4 is 39.1 Å². The summed E-state index contributed by atoms with van der Waals surface area (Å²) in [6.07, 6.45) is 0.0938. The summed E-state index contributed by atoms with van der Waals surface area (Å²) in [7, 11) is -4.19. The lowest BCUT2D eigenvalue weighted by Crippen LogP contribution is -2.55. The van der Waals surface area contributed by atoms with Gasteiger partial charge in [-0.3, -0.25) is 14.4 Å². The van der Waals surface area contributed by atoms with Gasteiger partial charge in [-0.1, -0.05) is 6.92 Å². The summed E-state index contributed by atoms with van der Waals surface area (Å²) in [5, 5.41) is 11.6. The number of hydrogen-bond acceptors (Lipinski definition) is 6. The highest BCUT2D eigenvalue weighted by atomic mass is 32.2. The summed E-state index contributed by atoms with van der Waals surface area (Å²) in [5.41, 5.74) is 0.115. The third-order valence-electron chi connectivity index (χ3n) is 5.85. The zero-order valence-corrected chi connectivity index (χ0v) is 20.2. The van der Waals surface area contributed by atoms with Crippen LogP contribution in [0, 0.1) is 11.3 Å². The normalized spacial score (nSPS) is 16.6. The molecule has 34 heavy (non-hydrogen) atoms. The molecule has 0 radical (unpaired) electrons. The Morgan fingerprint density at radius 3 is 2.24 bits per heavy atom. The summed E-state index contributed by atoms with van der Waals surface area (Å²) in [5.74, 6) is -1.45. The van der Waals surface area contributed by atoms with E-state index in [9.17, 15) is 22.8 Å². The van der Waals surface area contributed by atoms with Crippen molar-refractivity contribution in [3.63, 3.8) is 0 Å². The van der Waals surface area contributed by atoms with Crippen molar-refractivity contribution in [2.24, 2.45) is 0 Å². The Morgan fingerprint density at radius 1 is 1.15 bits per heavy atom. The topological polar surface area (TPSA) is 128 Å². The number of nitrogens with one attached hydrogen (secondary N) is 1. The third-order valence-corrected chi connectivity index (χ3v) is 7.99. The molecule has 1 saturated heterocycles. The minimum absolute atomic E-state index is 0.0554. The molecule has 3 amide bonds. The summed E-state index contributed by atoms with van der Waals surface area (Å²) < 4.78 is 28.6. The van der Waals surface area contributed by atoms with E-state index >= 15 is 0 Å². The van der Waals surface area contributed by atoms with Crippen LogP contribution in [0.15, 0.2) is 53.4 Å². The van der Waals surface area contributed by atoms with Gasteiger partial charge in [-0.25, -0.2) is 13.3 Å². The number of anilines is 2. The maximum Gasteiger partial charge on any atom is 0.252 e. The summed E-state index contributed by atoms with van der Waals surface area (Å²) >= 11 is 0. The number of rotatable bonds is 7. The average molecular weight is 483 g/mol. The van der Waals surface area contributed by atoms with E-state index in [-0.39, 0.29) is 22.9 Å². The number of imide groups is 1. The van der Waals surface area contributed by atoms with Gasteiger partial charge in [0.1, 0.15) is 6.04 Å². The molecule has 0 saturated carbocycles. The van der Waals surface area contributed by atoms with Gasteiger partial charge >= 0.3 is 0 Å². The Kier molecular flexibility index (Phi) is 6.91. The quantitative estimate of drug-likeness (QED) is 0.604. The van der Waals surface area contributed by atoms with Crippen LogP contribution in [0.25, 0.3) is 0 Å². The second-order valence-corrected chi connectivity index (χ2v) is 10.4. The van der Waals surface area contributed by atoms with Gasteiger partial charge in [0.15, 0.2) is 0 Å². The Labute approximate surface area is 199 Å². The van der Waals surface area contributed by atoms with Gasteiger partial charge in [0.25, 0.3) is 5.91 Å². The number of carbonyl (C=O) groups excluding carboxylic acids is 3. The first-order chi connectivity index (χ1) is 15.9. The van der Waals surface area contributed by atoms with E-state index in [2.05, 4.69) is 5.32 Å². The first-order valence-corrected chi connectivity index (χ1v) is 12.2. The number of nitrogens with zero attached hydrogens (tertiary/aromatic N) is 3. The van der Waals surface area contributed by atoms with Crippen molar-refractivity contribution in [2.45, 2.75) is 57.0 Å². The van der Waals surface area contributed by atoms with Gasteiger partial charge in [-0.05, 0) is 68.8 Å². The molecule has 1 aliphatic heterocycles. The predicted molar refractivity (Wildman–Crippen MR) is 126 cm³/mol. The van der Waals surface area contributed by atoms with E-state index < -0.39 is 33.4 Å². The summed E-state index contributed by atoms with van der Waals surface area (Å²) in [6, 6.07) is 12.4. The standard InChI is InChI=1S/C24H26N4O5S/c1-5-24(3,4)28(34(32,33)20-12-8-18(9-13-20)26-16(2)29)21-14-22(30)27(23(21)31)19-10-6-17(15-25)7-11-19/h6-13,21H,5,14H2,1-4H3,(H,26,29). The SMILES string of the molecule is CCC(C)(C)N(C1CC(=O)N(c2ccc(C#N)cc2)C1=O)S(=O)(=O)c1ccc(NC(C)=O)cc1. The summed E-state index contributed by atoms with van der Waals surface area (Å²) in [6.45, 7) is 6.57. The molecule has 9 nitrogen and oxygen atoms in total. The third kappa shape index (κ3) is 4.71. The van der Waals surface area contributed by atoms with E-state index in [4.69, 9.17) is 5.26 Å². The molecule has 3 rings (SSSR count). The highest BCUT2D eigenvalue weighted by Crippen LogP contribution is 2.36. The largest absolute Gasteiger partial charge is 0.326 e. The molecule has 1 unspecified atom stereocenters. The Balaban J connectivity index is 2.02. The predicted octanol–water partition coefficient (Wildman–Crippen LogP) is 3.03. The number of hydrogen-bond donors (Lipinski definition) is 1. The van der Waals surface area contributed by atoms with E-state index in [1.165, 1.54) is 55.5 Å². The van der Waals surface area contributed by atoms with Gasteiger partial charge < -0.3 is 5.32 Å². The fourth-order valence-electron chi connectivity index (χ4n) is 3.85. The zero-order chi connectivity index (χ0) is 25.3. The van der Waals surface area contributed by atoms with Crippen molar-refractivity contribution in [1.82, 2.24) is 4.31 Å². The van der Waals surface area contributed by atoms with Crippen LogP contribution in [-0.4, -0.2) is 42.0 Å². The molecule has 10 heteroatoms. The molecule has 1 N–H and O–H groups in total. The molecule has 178 valence electrons. The highest BCUT2D eigenvalue weighted by molar-refractivity contribution is 7.89. The van der Waals surface area contributed by atoms with Gasteiger partial charge in [0.2, 0.25) is 21.8 Å². The molecule has 1 fully saturated rings. The van der Waals surface area contributed by atoms with Crippen LogP contribution in [0.5, 0.6) is 0 Å². The minimum atomic E-state index is -4.19. The molecule has 0 bridgehead atoms. The van der Waals surface area contributed by atoms with Gasteiger partial charge in [0.05, 0.1) is 28.6 Å². The molecular weight excluding hydrogens is 456 g/mol. The van der Waals surface area contributed by atoms with Gasteiger partial charge in [-0.2, -0.15) is 9.57 Å². The lowest BCUT2D eigenvalue weighted by Gasteiger charge is -2.39. The van der Waals surface area contributed by atoms with E-state index in [0.717, 1.165) is 9.21 Å². The fraction of sp³-hybridized carbons (Fsp3) is 0.333. The monoisotopic (exact) mass is 482 g/mol. The Hall–Kier alpha value is -3.55. The molecule has 1 heterocycles. The molecule has 0 aliphatic carbocycles. The molecule has 2 aromatic rings.